The van der Waals surface area contributed by atoms with Crippen LogP contribution in [0, 0.1) is 22.0 Å². The molecule has 0 aromatic carbocycles. The zero-order valence-corrected chi connectivity index (χ0v) is 13.9. The number of carbonyl (C=O) groups excluding carboxylic acids is 1. The number of hydrogen-bond donors (Lipinski definition) is 4. The number of ketones is 1. The molecule has 0 saturated heterocycles. The number of aliphatic carboxylic acids is 1. The van der Waals surface area contributed by atoms with Gasteiger partial charge in [0.15, 0.2) is 0 Å². The van der Waals surface area contributed by atoms with Crippen LogP contribution in [0.25, 0.3) is 0 Å². The third kappa shape index (κ3) is 20.4. The molecule has 0 aromatic rings. The highest BCUT2D eigenvalue weighted by Gasteiger charge is 2.33. The molecule has 23 heavy (non-hydrogen) atoms. The van der Waals surface area contributed by atoms with E-state index >= 15 is 0 Å². The Morgan fingerprint density at radius 2 is 1.83 bits per heavy atom. The summed E-state index contributed by atoms with van der Waals surface area (Å²) in [5.41, 5.74) is 0. The molecule has 12 heteroatoms. The van der Waals surface area contributed by atoms with Crippen molar-refractivity contribution in [3.63, 3.8) is 0 Å². The standard InChI is InChI=1S/C11H16O3.HNO3.H2O3S2/c1-2-3-4-8-5-10(12)6-9(8)7-11(13)14;2-1(3)4;1-5(2,3)4/h2-3,8-9H,4-7H2,1H3,(H,13,14);(H,2,3,4);(H2,1,2,3,4)/b3-2-;;. The van der Waals surface area contributed by atoms with Gasteiger partial charge in [-0.2, -0.15) is 4.21 Å². The normalized spacial score (nSPS) is 20.2. The zero-order chi connectivity index (χ0) is 18.6. The fourth-order valence-corrected chi connectivity index (χ4v) is 2.05. The molecule has 0 heterocycles. The lowest BCUT2D eigenvalue weighted by molar-refractivity contribution is -0.742. The summed E-state index contributed by atoms with van der Waals surface area (Å²) in [7, 11) is -3.83. The van der Waals surface area contributed by atoms with E-state index in [0.717, 1.165) is 6.42 Å². The molecule has 2 atom stereocenters. The van der Waals surface area contributed by atoms with Gasteiger partial charge in [-0.1, -0.05) is 12.2 Å². The molecule has 0 aliphatic heterocycles. The molecule has 0 amide bonds. The number of hydrogen-bond acceptors (Lipinski definition) is 6. The third-order valence-corrected chi connectivity index (χ3v) is 2.76. The predicted octanol–water partition coefficient (Wildman–Crippen LogP) is 1.35. The van der Waals surface area contributed by atoms with Crippen molar-refractivity contribution in [2.75, 3.05) is 0 Å². The summed E-state index contributed by atoms with van der Waals surface area (Å²) in [5, 5.41) is 22.3. The van der Waals surface area contributed by atoms with Crippen molar-refractivity contribution in [3.05, 3.63) is 22.3 Å². The molecule has 1 aliphatic rings. The minimum Gasteiger partial charge on any atom is -0.481 e. The molecular weight excluding hydrogens is 354 g/mol. The van der Waals surface area contributed by atoms with Gasteiger partial charge < -0.3 is 10.3 Å². The van der Waals surface area contributed by atoms with Crippen molar-refractivity contribution in [1.82, 2.24) is 0 Å². The van der Waals surface area contributed by atoms with Gasteiger partial charge in [-0.3, -0.25) is 18.7 Å². The van der Waals surface area contributed by atoms with Crippen LogP contribution in [0.3, 0.4) is 0 Å². The molecule has 4 N–H and O–H groups in total. The lowest BCUT2D eigenvalue weighted by Crippen LogP contribution is -2.12. The summed E-state index contributed by atoms with van der Waals surface area (Å²) < 4.78 is 24.0. The number of allylic oxidation sites excluding steroid dienone is 2. The first-order chi connectivity index (χ1) is 10.4. The zero-order valence-electron chi connectivity index (χ0n) is 12.2. The van der Waals surface area contributed by atoms with E-state index in [0.29, 0.717) is 12.8 Å². The van der Waals surface area contributed by atoms with Gasteiger partial charge in [-0.25, -0.2) is 0 Å². The van der Waals surface area contributed by atoms with Crippen molar-refractivity contribution in [2.24, 2.45) is 11.8 Å². The van der Waals surface area contributed by atoms with Crippen LogP contribution in [-0.4, -0.2) is 40.5 Å². The van der Waals surface area contributed by atoms with Gasteiger partial charge in [0.2, 0.25) is 0 Å². The highest BCUT2D eigenvalue weighted by atomic mass is 32.9. The third-order valence-electron chi connectivity index (χ3n) is 2.76. The fraction of sp³-hybridized carbons (Fsp3) is 0.636. The number of carboxylic acid groups (broad SMARTS) is 1. The Hall–Kier alpha value is -1.63. The van der Waals surface area contributed by atoms with E-state index in [1.54, 1.807) is 0 Å². The van der Waals surface area contributed by atoms with Crippen LogP contribution in [0.4, 0.5) is 0 Å². The molecule has 1 fully saturated rings. The quantitative estimate of drug-likeness (QED) is 0.319. The largest absolute Gasteiger partial charge is 0.481 e. The van der Waals surface area contributed by atoms with Gasteiger partial charge in [0, 0.05) is 30.5 Å². The Kier molecular flexibility index (Phi) is 12.2. The number of rotatable bonds is 4. The Bertz CT molecular complexity index is 518. The van der Waals surface area contributed by atoms with Crippen LogP contribution in [0.15, 0.2) is 12.2 Å². The lowest BCUT2D eigenvalue weighted by atomic mass is 9.90. The molecule has 0 spiro atoms. The van der Waals surface area contributed by atoms with E-state index in [1.807, 2.05) is 19.1 Å². The van der Waals surface area contributed by atoms with Gasteiger partial charge >= 0.3 is 5.97 Å². The molecule has 0 bridgehead atoms. The second-order valence-corrected chi connectivity index (χ2v) is 6.75. The van der Waals surface area contributed by atoms with E-state index in [1.165, 1.54) is 0 Å². The molecule has 10 nitrogen and oxygen atoms in total. The van der Waals surface area contributed by atoms with Crippen LogP contribution in [0.1, 0.15) is 32.6 Å². The smallest absolute Gasteiger partial charge is 0.303 e. The number of carboxylic acids is 1. The van der Waals surface area contributed by atoms with E-state index in [-0.39, 0.29) is 24.0 Å². The van der Waals surface area contributed by atoms with Gasteiger partial charge in [-0.15, -0.1) is 10.1 Å². The van der Waals surface area contributed by atoms with Gasteiger partial charge in [0.1, 0.15) is 5.78 Å². The fourth-order valence-electron chi connectivity index (χ4n) is 2.05. The molecule has 1 aliphatic carbocycles. The average Bonchev–Trinajstić information content (AvgIpc) is 2.63. The molecule has 2 unspecified atom stereocenters. The van der Waals surface area contributed by atoms with Crippen LogP contribution in [0.2, 0.25) is 0 Å². The maximum Gasteiger partial charge on any atom is 0.303 e. The molecular formula is C11H19NO9S2. The summed E-state index contributed by atoms with van der Waals surface area (Å²) in [4.78, 5) is 30.1. The van der Waals surface area contributed by atoms with Crippen molar-refractivity contribution in [1.29, 1.82) is 0 Å². The van der Waals surface area contributed by atoms with Crippen molar-refractivity contribution >= 4 is 32.0 Å². The highest BCUT2D eigenvalue weighted by Crippen LogP contribution is 2.34. The van der Waals surface area contributed by atoms with Crippen LogP contribution >= 0.6 is 0 Å². The topological polar surface area (TPSA) is 175 Å². The number of nitrogens with zero attached hydrogens (tertiary/aromatic N) is 1. The molecule has 0 aromatic heterocycles. The van der Waals surface area contributed by atoms with Gasteiger partial charge in [-0.05, 0) is 25.2 Å². The Labute approximate surface area is 137 Å². The first kappa shape index (κ1) is 23.6. The first-order valence-electron chi connectivity index (χ1n) is 6.24. The van der Waals surface area contributed by atoms with Crippen molar-refractivity contribution in [3.8, 4) is 0 Å². The monoisotopic (exact) mass is 373 g/mol. The van der Waals surface area contributed by atoms with Crippen molar-refractivity contribution < 1.29 is 38.3 Å². The maximum atomic E-state index is 11.2. The summed E-state index contributed by atoms with van der Waals surface area (Å²) in [6.07, 6.45) is 5.93. The summed E-state index contributed by atoms with van der Waals surface area (Å²) in [6, 6.07) is 0. The molecule has 1 rings (SSSR count). The SMILES string of the molecule is C/C=C\CC1CC(=O)CC1CC(=O)O.O=S(O)(O)=S.O=[N+]([O-])O. The minimum atomic E-state index is -3.83. The molecule has 134 valence electrons. The highest BCUT2D eigenvalue weighted by molar-refractivity contribution is 8.26. The minimum absolute atomic E-state index is 0.0520. The van der Waals surface area contributed by atoms with Crippen LogP contribution < -0.4 is 0 Å². The van der Waals surface area contributed by atoms with Crippen LogP contribution in [0.5, 0.6) is 0 Å². The second kappa shape index (κ2) is 11.9. The number of carbonyl (C=O) groups is 2. The maximum absolute atomic E-state index is 11.2. The van der Waals surface area contributed by atoms with E-state index in [2.05, 4.69) is 11.2 Å². The molecule has 0 radical (unpaired) electrons. The predicted molar refractivity (Wildman–Crippen MR) is 82.5 cm³/mol. The molecule has 1 saturated carbocycles. The van der Waals surface area contributed by atoms with E-state index in [9.17, 15) is 9.59 Å². The Balaban J connectivity index is 0. The summed E-state index contributed by atoms with van der Waals surface area (Å²) >= 11 is 3.47. The summed E-state index contributed by atoms with van der Waals surface area (Å²) in [5.74, 6) is -0.285. The summed E-state index contributed by atoms with van der Waals surface area (Å²) in [6.45, 7) is 1.93. The number of Topliss-reactive ketones (excluding diaryl/α,β-unsaturated/α-hetero) is 1. The Morgan fingerprint density at radius 1 is 1.43 bits per heavy atom. The van der Waals surface area contributed by atoms with Gasteiger partial charge in [0.05, 0.1) is 0 Å². The Morgan fingerprint density at radius 3 is 2.17 bits per heavy atom. The first-order valence-corrected chi connectivity index (χ1v) is 8.64. The van der Waals surface area contributed by atoms with Gasteiger partial charge in [0.25, 0.3) is 14.1 Å². The van der Waals surface area contributed by atoms with Crippen molar-refractivity contribution in [2.45, 2.75) is 32.6 Å². The lowest BCUT2D eigenvalue weighted by Gasteiger charge is -2.14. The second-order valence-electron chi connectivity index (χ2n) is 4.56. The van der Waals surface area contributed by atoms with E-state index < -0.39 is 20.1 Å². The average molecular weight is 373 g/mol. The van der Waals surface area contributed by atoms with Crippen LogP contribution in [-0.2, 0) is 29.8 Å². The van der Waals surface area contributed by atoms with E-state index in [4.69, 9.17) is 33.7 Å².